The van der Waals surface area contributed by atoms with E-state index in [2.05, 4.69) is 26.8 Å². The summed E-state index contributed by atoms with van der Waals surface area (Å²) in [7, 11) is 0. The zero-order chi connectivity index (χ0) is 18.7. The number of hydrogen-bond acceptors (Lipinski definition) is 3. The Morgan fingerprint density at radius 3 is 2.54 bits per heavy atom. The Kier molecular flexibility index (Phi) is 5.58. The van der Waals surface area contributed by atoms with Gasteiger partial charge in [-0.2, -0.15) is 0 Å². The standard InChI is InChI=1S/C18H15BrClN3O3/c19-13-3-1-2-11(8-13)17(25)21-22-18(26)12-9-16(24)23(10-12)15-6-4-14(20)5-7-15/h1-8,12H,9-10H2,(H,21,25)(H,22,26)/t12-/m0/s1. The minimum Gasteiger partial charge on any atom is -0.312 e. The summed E-state index contributed by atoms with van der Waals surface area (Å²) in [5.74, 6) is -1.52. The van der Waals surface area contributed by atoms with Crippen molar-refractivity contribution in [3.05, 3.63) is 63.6 Å². The number of carbonyl (C=O) groups is 3. The molecule has 2 aromatic carbocycles. The van der Waals surface area contributed by atoms with Crippen LogP contribution in [-0.2, 0) is 9.59 Å². The summed E-state index contributed by atoms with van der Waals surface area (Å²) < 4.78 is 0.761. The lowest BCUT2D eigenvalue weighted by atomic mass is 10.1. The molecule has 1 fully saturated rings. The van der Waals surface area contributed by atoms with Gasteiger partial charge >= 0.3 is 0 Å². The van der Waals surface area contributed by atoms with Crippen LogP contribution >= 0.6 is 27.5 Å². The molecule has 1 saturated heterocycles. The van der Waals surface area contributed by atoms with Crippen LogP contribution in [0.15, 0.2) is 53.0 Å². The van der Waals surface area contributed by atoms with E-state index in [0.29, 0.717) is 16.3 Å². The fourth-order valence-electron chi connectivity index (χ4n) is 2.68. The van der Waals surface area contributed by atoms with Gasteiger partial charge in [0.2, 0.25) is 11.8 Å². The number of nitrogens with zero attached hydrogens (tertiary/aromatic N) is 1. The highest BCUT2D eigenvalue weighted by Crippen LogP contribution is 2.26. The molecule has 3 amide bonds. The Morgan fingerprint density at radius 2 is 1.85 bits per heavy atom. The predicted octanol–water partition coefficient (Wildman–Crippen LogP) is 2.92. The zero-order valence-corrected chi connectivity index (χ0v) is 15.9. The van der Waals surface area contributed by atoms with Gasteiger partial charge in [-0.3, -0.25) is 25.2 Å². The van der Waals surface area contributed by atoms with E-state index in [1.165, 1.54) is 4.90 Å². The van der Waals surface area contributed by atoms with E-state index in [4.69, 9.17) is 11.6 Å². The first kappa shape index (κ1) is 18.4. The Morgan fingerprint density at radius 1 is 1.12 bits per heavy atom. The largest absolute Gasteiger partial charge is 0.312 e. The summed E-state index contributed by atoms with van der Waals surface area (Å²) in [6.45, 7) is 0.249. The minimum atomic E-state index is -0.541. The lowest BCUT2D eigenvalue weighted by Crippen LogP contribution is -2.45. The van der Waals surface area contributed by atoms with Gasteiger partial charge in [-0.15, -0.1) is 0 Å². The fraction of sp³-hybridized carbons (Fsp3) is 0.167. The number of anilines is 1. The molecule has 1 aliphatic rings. The number of rotatable bonds is 3. The van der Waals surface area contributed by atoms with Gasteiger partial charge in [0, 0.05) is 33.7 Å². The number of amides is 3. The van der Waals surface area contributed by atoms with Crippen LogP contribution in [0.1, 0.15) is 16.8 Å². The van der Waals surface area contributed by atoms with Crippen LogP contribution in [0.5, 0.6) is 0 Å². The maximum absolute atomic E-state index is 12.3. The molecule has 3 rings (SSSR count). The third kappa shape index (κ3) is 4.23. The first-order chi connectivity index (χ1) is 12.4. The molecule has 1 aliphatic heterocycles. The zero-order valence-electron chi connectivity index (χ0n) is 13.5. The lowest BCUT2D eigenvalue weighted by Gasteiger charge is -2.17. The van der Waals surface area contributed by atoms with E-state index in [0.717, 1.165) is 4.47 Å². The van der Waals surface area contributed by atoms with E-state index in [9.17, 15) is 14.4 Å². The van der Waals surface area contributed by atoms with Gasteiger partial charge in [0.15, 0.2) is 0 Å². The van der Waals surface area contributed by atoms with Gasteiger partial charge < -0.3 is 4.90 Å². The minimum absolute atomic E-state index is 0.0845. The summed E-state index contributed by atoms with van der Waals surface area (Å²) in [6.07, 6.45) is 0.0845. The maximum Gasteiger partial charge on any atom is 0.269 e. The number of hydrazine groups is 1. The molecule has 0 aromatic heterocycles. The molecule has 6 nitrogen and oxygen atoms in total. The van der Waals surface area contributed by atoms with Crippen molar-refractivity contribution in [3.63, 3.8) is 0 Å². The highest BCUT2D eigenvalue weighted by atomic mass is 79.9. The van der Waals surface area contributed by atoms with E-state index in [-0.39, 0.29) is 18.9 Å². The Bertz CT molecular complexity index is 857. The summed E-state index contributed by atoms with van der Waals surface area (Å²) >= 11 is 9.14. The molecule has 134 valence electrons. The topological polar surface area (TPSA) is 78.5 Å². The summed E-state index contributed by atoms with van der Waals surface area (Å²) in [4.78, 5) is 38.1. The normalized spacial score (nSPS) is 16.5. The fourth-order valence-corrected chi connectivity index (χ4v) is 3.20. The second kappa shape index (κ2) is 7.88. The summed E-state index contributed by atoms with van der Waals surface area (Å²) in [5.41, 5.74) is 5.86. The molecule has 1 heterocycles. The third-order valence-corrected chi connectivity index (χ3v) is 4.77. The van der Waals surface area contributed by atoms with Gasteiger partial charge in [0.25, 0.3) is 5.91 Å². The van der Waals surface area contributed by atoms with Crippen molar-refractivity contribution in [3.8, 4) is 0 Å². The van der Waals surface area contributed by atoms with Gasteiger partial charge in [0.05, 0.1) is 5.92 Å². The van der Waals surface area contributed by atoms with Crippen LogP contribution in [0.4, 0.5) is 5.69 Å². The van der Waals surface area contributed by atoms with E-state index >= 15 is 0 Å². The second-order valence-corrected chi connectivity index (χ2v) is 7.19. The van der Waals surface area contributed by atoms with Crippen LogP contribution in [0.3, 0.4) is 0 Å². The average molecular weight is 437 g/mol. The number of carbonyl (C=O) groups excluding carboxylic acids is 3. The van der Waals surface area contributed by atoms with Crippen molar-refractivity contribution in [2.24, 2.45) is 5.92 Å². The van der Waals surface area contributed by atoms with Crippen LogP contribution in [0, 0.1) is 5.92 Å². The molecular formula is C18H15BrClN3O3. The third-order valence-electron chi connectivity index (χ3n) is 4.02. The molecule has 1 atom stereocenters. The molecule has 0 spiro atoms. The molecule has 0 bridgehead atoms. The predicted molar refractivity (Wildman–Crippen MR) is 102 cm³/mol. The first-order valence-corrected chi connectivity index (χ1v) is 9.03. The monoisotopic (exact) mass is 435 g/mol. The van der Waals surface area contributed by atoms with E-state index in [1.54, 1.807) is 48.5 Å². The molecule has 26 heavy (non-hydrogen) atoms. The molecule has 0 radical (unpaired) electrons. The van der Waals surface area contributed by atoms with Crippen molar-refractivity contribution in [1.29, 1.82) is 0 Å². The van der Waals surface area contributed by atoms with Crippen molar-refractivity contribution >= 4 is 50.9 Å². The first-order valence-electron chi connectivity index (χ1n) is 7.86. The molecule has 0 unspecified atom stereocenters. The van der Waals surface area contributed by atoms with E-state index in [1.807, 2.05) is 0 Å². The van der Waals surface area contributed by atoms with Crippen molar-refractivity contribution in [1.82, 2.24) is 10.9 Å². The summed E-state index contributed by atoms with van der Waals surface area (Å²) in [6, 6.07) is 13.6. The molecule has 8 heteroatoms. The number of nitrogens with one attached hydrogen (secondary N) is 2. The molecule has 0 aliphatic carbocycles. The SMILES string of the molecule is O=C(NNC(=O)[C@H]1CC(=O)N(c2ccc(Cl)cc2)C1)c1cccc(Br)c1. The van der Waals surface area contributed by atoms with Gasteiger partial charge in [-0.1, -0.05) is 33.6 Å². The van der Waals surface area contributed by atoms with Gasteiger partial charge in [-0.25, -0.2) is 0 Å². The average Bonchev–Trinajstić information content (AvgIpc) is 3.02. The van der Waals surface area contributed by atoms with Crippen LogP contribution in [-0.4, -0.2) is 24.3 Å². The number of hydrogen-bond donors (Lipinski definition) is 2. The smallest absolute Gasteiger partial charge is 0.269 e. The molecule has 0 saturated carbocycles. The van der Waals surface area contributed by atoms with Gasteiger partial charge in [-0.05, 0) is 42.5 Å². The van der Waals surface area contributed by atoms with Crippen LogP contribution in [0.2, 0.25) is 5.02 Å². The number of halogens is 2. The molecule has 2 N–H and O–H groups in total. The van der Waals surface area contributed by atoms with Crippen molar-refractivity contribution < 1.29 is 14.4 Å². The Labute approximate surface area is 163 Å². The highest BCUT2D eigenvalue weighted by molar-refractivity contribution is 9.10. The molecular weight excluding hydrogens is 422 g/mol. The Hall–Kier alpha value is -2.38. The highest BCUT2D eigenvalue weighted by Gasteiger charge is 2.35. The van der Waals surface area contributed by atoms with Crippen LogP contribution < -0.4 is 15.8 Å². The van der Waals surface area contributed by atoms with Crippen molar-refractivity contribution in [2.45, 2.75) is 6.42 Å². The van der Waals surface area contributed by atoms with Crippen LogP contribution in [0.25, 0.3) is 0 Å². The maximum atomic E-state index is 12.3. The van der Waals surface area contributed by atoms with E-state index < -0.39 is 17.7 Å². The lowest BCUT2D eigenvalue weighted by molar-refractivity contribution is -0.126. The van der Waals surface area contributed by atoms with Gasteiger partial charge in [0.1, 0.15) is 0 Å². The Balaban J connectivity index is 1.58. The summed E-state index contributed by atoms with van der Waals surface area (Å²) in [5, 5.41) is 0.574. The molecule has 2 aromatic rings. The quantitative estimate of drug-likeness (QED) is 0.726. The number of benzene rings is 2. The second-order valence-electron chi connectivity index (χ2n) is 5.84. The van der Waals surface area contributed by atoms with Crippen molar-refractivity contribution in [2.75, 3.05) is 11.4 Å².